The summed E-state index contributed by atoms with van der Waals surface area (Å²) in [7, 11) is 0. The molecule has 0 saturated carbocycles. The van der Waals surface area contributed by atoms with Crippen LogP contribution in [-0.4, -0.2) is 16.5 Å². The van der Waals surface area contributed by atoms with Crippen LogP contribution in [0.4, 0.5) is 5.95 Å². The number of hydrogen-bond acceptors (Lipinski definition) is 4. The average molecular weight is 335 g/mol. The lowest BCUT2D eigenvalue weighted by molar-refractivity contribution is 1.08. The van der Waals surface area contributed by atoms with Gasteiger partial charge >= 0.3 is 0 Å². The Kier molecular flexibility index (Phi) is 4.74. The zero-order valence-corrected chi connectivity index (χ0v) is 13.9. The zero-order chi connectivity index (χ0) is 16.9. The van der Waals surface area contributed by atoms with Crippen LogP contribution in [0, 0.1) is 11.3 Å². The van der Waals surface area contributed by atoms with E-state index in [9.17, 15) is 5.26 Å². The summed E-state index contributed by atoms with van der Waals surface area (Å²) in [6, 6.07) is 19.2. The molecule has 0 aliphatic heterocycles. The normalized spacial score (nSPS) is 10.2. The van der Waals surface area contributed by atoms with Crippen LogP contribution in [0.3, 0.4) is 0 Å². The van der Waals surface area contributed by atoms with Crippen LogP contribution < -0.4 is 5.32 Å². The molecule has 0 atom stereocenters. The topological polar surface area (TPSA) is 61.6 Å². The number of nitrogens with one attached hydrogen (secondary N) is 1. The van der Waals surface area contributed by atoms with Gasteiger partial charge in [0, 0.05) is 22.7 Å². The molecule has 1 N–H and O–H groups in total. The summed E-state index contributed by atoms with van der Waals surface area (Å²) in [4.78, 5) is 9.06. The van der Waals surface area contributed by atoms with Crippen molar-refractivity contribution in [3.05, 3.63) is 65.2 Å². The lowest BCUT2D eigenvalue weighted by atomic mass is 10.0. The molecule has 0 aliphatic carbocycles. The van der Waals surface area contributed by atoms with Crippen molar-refractivity contribution >= 4 is 17.5 Å². The van der Waals surface area contributed by atoms with Crippen molar-refractivity contribution < 1.29 is 0 Å². The van der Waals surface area contributed by atoms with Gasteiger partial charge in [0.1, 0.15) is 11.6 Å². The number of hydrogen-bond donors (Lipinski definition) is 1. The molecule has 1 aromatic heterocycles. The van der Waals surface area contributed by atoms with Crippen LogP contribution >= 0.6 is 11.6 Å². The molecule has 118 valence electrons. The second kappa shape index (κ2) is 7.12. The minimum atomic E-state index is 0.435. The van der Waals surface area contributed by atoms with Crippen LogP contribution in [0.15, 0.2) is 54.6 Å². The Bertz CT molecular complexity index is 901. The Morgan fingerprint density at radius 1 is 1.00 bits per heavy atom. The van der Waals surface area contributed by atoms with E-state index in [1.54, 1.807) is 12.1 Å². The van der Waals surface area contributed by atoms with Crippen LogP contribution in [0.1, 0.15) is 12.5 Å². The first-order chi connectivity index (χ1) is 11.7. The molecule has 5 heteroatoms. The first kappa shape index (κ1) is 16.0. The third kappa shape index (κ3) is 3.22. The fourth-order valence-electron chi connectivity index (χ4n) is 2.45. The minimum absolute atomic E-state index is 0.435. The highest BCUT2D eigenvalue weighted by molar-refractivity contribution is 6.30. The van der Waals surface area contributed by atoms with Gasteiger partial charge in [0.2, 0.25) is 5.95 Å². The van der Waals surface area contributed by atoms with Crippen LogP contribution in [0.2, 0.25) is 5.02 Å². The first-order valence-electron chi connectivity index (χ1n) is 7.60. The first-order valence-corrected chi connectivity index (χ1v) is 7.98. The molecule has 24 heavy (non-hydrogen) atoms. The number of halogens is 1. The summed E-state index contributed by atoms with van der Waals surface area (Å²) in [5.41, 5.74) is 3.28. The summed E-state index contributed by atoms with van der Waals surface area (Å²) in [6.45, 7) is 2.66. The molecule has 3 rings (SSSR count). The molecule has 3 aromatic rings. The second-order valence-electron chi connectivity index (χ2n) is 5.14. The fraction of sp³-hybridized carbons (Fsp3) is 0.105. The van der Waals surface area contributed by atoms with E-state index in [0.717, 1.165) is 11.1 Å². The van der Waals surface area contributed by atoms with E-state index in [2.05, 4.69) is 21.4 Å². The predicted molar refractivity (Wildman–Crippen MR) is 96.8 cm³/mol. The Balaban J connectivity index is 2.28. The molecule has 0 unspecified atom stereocenters. The maximum absolute atomic E-state index is 9.73. The van der Waals surface area contributed by atoms with Crippen molar-refractivity contribution in [1.29, 1.82) is 5.26 Å². The standard InChI is InChI=1S/C19H15ClN4/c1-2-22-19-23-17(13-7-4-3-5-8-13)16(12-21)18(24-19)14-9-6-10-15(20)11-14/h3-11H,2H2,1H3,(H,22,23,24). The van der Waals surface area contributed by atoms with E-state index >= 15 is 0 Å². The van der Waals surface area contributed by atoms with Crippen LogP contribution in [0.25, 0.3) is 22.5 Å². The van der Waals surface area contributed by atoms with Crippen molar-refractivity contribution in [3.63, 3.8) is 0 Å². The van der Waals surface area contributed by atoms with Gasteiger partial charge in [0.05, 0.1) is 11.4 Å². The number of nitrogens with zero attached hydrogens (tertiary/aromatic N) is 3. The highest BCUT2D eigenvalue weighted by Gasteiger charge is 2.17. The SMILES string of the molecule is CCNc1nc(-c2ccccc2)c(C#N)c(-c2cccc(Cl)c2)n1. The summed E-state index contributed by atoms with van der Waals surface area (Å²) in [5, 5.41) is 13.5. The van der Waals surface area contributed by atoms with Crippen molar-refractivity contribution in [2.75, 3.05) is 11.9 Å². The smallest absolute Gasteiger partial charge is 0.223 e. The maximum atomic E-state index is 9.73. The Hall–Kier alpha value is -2.90. The van der Waals surface area contributed by atoms with Crippen molar-refractivity contribution in [2.45, 2.75) is 6.92 Å². The molecular formula is C19H15ClN4. The number of rotatable bonds is 4. The number of anilines is 1. The maximum Gasteiger partial charge on any atom is 0.223 e. The zero-order valence-electron chi connectivity index (χ0n) is 13.1. The molecule has 0 amide bonds. The van der Waals surface area contributed by atoms with Gasteiger partial charge in [-0.05, 0) is 19.1 Å². The Labute approximate surface area is 145 Å². The number of benzene rings is 2. The molecular weight excluding hydrogens is 320 g/mol. The summed E-state index contributed by atoms with van der Waals surface area (Å²) < 4.78 is 0. The van der Waals surface area contributed by atoms with Gasteiger partial charge in [0.25, 0.3) is 0 Å². The molecule has 0 bridgehead atoms. The lowest BCUT2D eigenvalue weighted by Gasteiger charge is -2.12. The fourth-order valence-corrected chi connectivity index (χ4v) is 2.64. The second-order valence-corrected chi connectivity index (χ2v) is 5.57. The minimum Gasteiger partial charge on any atom is -0.354 e. The van der Waals surface area contributed by atoms with E-state index in [4.69, 9.17) is 11.6 Å². The van der Waals surface area contributed by atoms with Crippen molar-refractivity contribution in [2.24, 2.45) is 0 Å². The quantitative estimate of drug-likeness (QED) is 0.746. The lowest BCUT2D eigenvalue weighted by Crippen LogP contribution is -2.06. The van der Waals surface area contributed by atoms with E-state index in [0.29, 0.717) is 34.5 Å². The highest BCUT2D eigenvalue weighted by Crippen LogP contribution is 2.31. The van der Waals surface area contributed by atoms with Gasteiger partial charge in [-0.2, -0.15) is 5.26 Å². The molecule has 0 fully saturated rings. The molecule has 0 aliphatic rings. The summed E-state index contributed by atoms with van der Waals surface area (Å²) in [6.07, 6.45) is 0. The molecule has 0 saturated heterocycles. The van der Waals surface area contributed by atoms with Gasteiger partial charge in [-0.15, -0.1) is 0 Å². The van der Waals surface area contributed by atoms with Gasteiger partial charge in [-0.25, -0.2) is 9.97 Å². The molecule has 0 radical (unpaired) electrons. The van der Waals surface area contributed by atoms with Crippen molar-refractivity contribution in [1.82, 2.24) is 9.97 Å². The summed E-state index contributed by atoms with van der Waals surface area (Å²) in [5.74, 6) is 0.491. The predicted octanol–water partition coefficient (Wildman–Crippen LogP) is 4.77. The summed E-state index contributed by atoms with van der Waals surface area (Å²) >= 11 is 6.11. The van der Waals surface area contributed by atoms with Gasteiger partial charge in [-0.1, -0.05) is 54.1 Å². The van der Waals surface area contributed by atoms with E-state index in [-0.39, 0.29) is 0 Å². The third-order valence-electron chi connectivity index (χ3n) is 3.50. The number of aromatic nitrogens is 2. The number of nitriles is 1. The third-order valence-corrected chi connectivity index (χ3v) is 3.74. The Morgan fingerprint density at radius 2 is 1.67 bits per heavy atom. The van der Waals surface area contributed by atoms with Gasteiger partial charge in [0.15, 0.2) is 0 Å². The highest BCUT2D eigenvalue weighted by atomic mass is 35.5. The van der Waals surface area contributed by atoms with E-state index < -0.39 is 0 Å². The monoisotopic (exact) mass is 334 g/mol. The molecule has 0 spiro atoms. The largest absolute Gasteiger partial charge is 0.354 e. The Morgan fingerprint density at radius 3 is 2.29 bits per heavy atom. The van der Waals surface area contributed by atoms with Gasteiger partial charge in [-0.3, -0.25) is 0 Å². The average Bonchev–Trinajstić information content (AvgIpc) is 2.62. The van der Waals surface area contributed by atoms with Crippen LogP contribution in [0.5, 0.6) is 0 Å². The van der Waals surface area contributed by atoms with E-state index in [1.807, 2.05) is 49.4 Å². The van der Waals surface area contributed by atoms with Crippen LogP contribution in [-0.2, 0) is 0 Å². The van der Waals surface area contributed by atoms with Gasteiger partial charge < -0.3 is 5.32 Å². The van der Waals surface area contributed by atoms with Crippen molar-refractivity contribution in [3.8, 4) is 28.6 Å². The molecule has 4 nitrogen and oxygen atoms in total. The molecule has 1 heterocycles. The molecule has 2 aromatic carbocycles. The van der Waals surface area contributed by atoms with E-state index in [1.165, 1.54) is 0 Å².